The molecule has 2 nitrogen and oxygen atoms in total. The first-order valence-corrected chi connectivity index (χ1v) is 6.08. The zero-order valence-corrected chi connectivity index (χ0v) is 9.67. The van der Waals surface area contributed by atoms with Crippen molar-refractivity contribution >= 4 is 17.4 Å². The van der Waals surface area contributed by atoms with E-state index >= 15 is 0 Å². The number of fused-ring (bicyclic) bond motifs is 1. The molecule has 16 heavy (non-hydrogen) atoms. The minimum atomic E-state index is -0.296. The fourth-order valence-corrected chi connectivity index (χ4v) is 2.39. The van der Waals surface area contributed by atoms with E-state index in [1.54, 1.807) is 6.07 Å². The molecule has 3 heteroatoms. The van der Waals surface area contributed by atoms with Gasteiger partial charge in [-0.15, -0.1) is 0 Å². The van der Waals surface area contributed by atoms with Crippen molar-refractivity contribution < 1.29 is 9.53 Å². The van der Waals surface area contributed by atoms with Gasteiger partial charge in [0.25, 0.3) is 0 Å². The smallest absolute Gasteiger partial charge is 0.173 e. The average molecular weight is 237 g/mol. The van der Waals surface area contributed by atoms with Gasteiger partial charge < -0.3 is 4.74 Å². The number of rotatable bonds is 3. The first-order valence-electron chi connectivity index (χ1n) is 5.71. The lowest BCUT2D eigenvalue weighted by Gasteiger charge is -2.09. The molecule has 1 saturated carbocycles. The Balaban J connectivity index is 1.74. The van der Waals surface area contributed by atoms with Gasteiger partial charge in [-0.1, -0.05) is 23.7 Å². The third-order valence-electron chi connectivity index (χ3n) is 3.26. The van der Waals surface area contributed by atoms with Crippen LogP contribution < -0.4 is 4.74 Å². The summed E-state index contributed by atoms with van der Waals surface area (Å²) in [4.78, 5) is 11.9. The average Bonchev–Trinajstić information content (AvgIpc) is 2.95. The lowest BCUT2D eigenvalue weighted by molar-refractivity contribution is -0.125. The Bertz CT molecular complexity index is 438. The fourth-order valence-electron chi connectivity index (χ4n) is 2.15. The summed E-state index contributed by atoms with van der Waals surface area (Å²) in [5, 5.41) is 0.610. The lowest BCUT2D eigenvalue weighted by atomic mass is 10.0. The lowest BCUT2D eigenvalue weighted by Crippen LogP contribution is -2.25. The first-order chi connectivity index (χ1) is 7.74. The number of benzene rings is 1. The minimum Gasteiger partial charge on any atom is -0.480 e. The number of hydrogen-bond acceptors (Lipinski definition) is 2. The van der Waals surface area contributed by atoms with E-state index in [1.807, 2.05) is 12.1 Å². The number of carbonyl (C=O) groups excluding carboxylic acids is 1. The van der Waals surface area contributed by atoms with E-state index in [0.29, 0.717) is 29.5 Å². The maximum Gasteiger partial charge on any atom is 0.173 e. The summed E-state index contributed by atoms with van der Waals surface area (Å²) in [5.74, 6) is 1.56. The molecule has 1 aliphatic carbocycles. The molecular formula is C13H13ClO2. The van der Waals surface area contributed by atoms with Crippen molar-refractivity contribution in [3.05, 3.63) is 28.8 Å². The van der Waals surface area contributed by atoms with Gasteiger partial charge >= 0.3 is 0 Å². The molecular weight excluding hydrogens is 224 g/mol. The van der Waals surface area contributed by atoms with Crippen LogP contribution in [-0.2, 0) is 11.2 Å². The largest absolute Gasteiger partial charge is 0.480 e. The van der Waals surface area contributed by atoms with E-state index in [0.717, 1.165) is 5.56 Å². The maximum atomic E-state index is 11.9. The van der Waals surface area contributed by atoms with Gasteiger partial charge in [-0.05, 0) is 30.4 Å². The highest BCUT2D eigenvalue weighted by atomic mass is 35.5. The third kappa shape index (κ3) is 1.82. The SMILES string of the molecule is O=C(CC1CC1)C1Cc2cccc(Cl)c2O1. The summed E-state index contributed by atoms with van der Waals surface area (Å²) in [6.07, 6.45) is 3.46. The van der Waals surface area contributed by atoms with Crippen molar-refractivity contribution in [1.29, 1.82) is 0 Å². The Hall–Kier alpha value is -1.02. The second kappa shape index (κ2) is 3.77. The molecule has 84 valence electrons. The fraction of sp³-hybridized carbons (Fsp3) is 0.462. The molecule has 1 heterocycles. The van der Waals surface area contributed by atoms with Gasteiger partial charge in [0.05, 0.1) is 5.02 Å². The Kier molecular flexibility index (Phi) is 2.40. The minimum absolute atomic E-state index is 0.231. The molecule has 1 aromatic rings. The molecule has 2 aliphatic rings. The molecule has 0 spiro atoms. The van der Waals surface area contributed by atoms with E-state index in [9.17, 15) is 4.79 Å². The number of para-hydroxylation sites is 1. The zero-order valence-electron chi connectivity index (χ0n) is 8.91. The highest BCUT2D eigenvalue weighted by molar-refractivity contribution is 6.32. The van der Waals surface area contributed by atoms with Gasteiger partial charge in [-0.25, -0.2) is 0 Å². The number of halogens is 1. The van der Waals surface area contributed by atoms with Gasteiger partial charge in [0.15, 0.2) is 11.9 Å². The van der Waals surface area contributed by atoms with E-state index in [2.05, 4.69) is 0 Å². The monoisotopic (exact) mass is 236 g/mol. The zero-order chi connectivity index (χ0) is 11.1. The van der Waals surface area contributed by atoms with Crippen LogP contribution in [0, 0.1) is 5.92 Å². The Morgan fingerprint density at radius 1 is 1.44 bits per heavy atom. The van der Waals surface area contributed by atoms with Crippen LogP contribution in [0.3, 0.4) is 0 Å². The predicted molar refractivity (Wildman–Crippen MR) is 61.9 cm³/mol. The Morgan fingerprint density at radius 2 is 2.25 bits per heavy atom. The molecule has 3 rings (SSSR count). The van der Waals surface area contributed by atoms with Crippen LogP contribution in [0.25, 0.3) is 0 Å². The van der Waals surface area contributed by atoms with E-state index in [1.165, 1.54) is 12.8 Å². The predicted octanol–water partition coefficient (Wildman–Crippen LogP) is 3.01. The number of ether oxygens (including phenoxy) is 1. The van der Waals surface area contributed by atoms with Crippen molar-refractivity contribution in [1.82, 2.24) is 0 Å². The standard InChI is InChI=1S/C13H13ClO2/c14-10-3-1-2-9-7-12(16-13(9)10)11(15)6-8-4-5-8/h1-3,8,12H,4-7H2. The van der Waals surface area contributed by atoms with E-state index in [4.69, 9.17) is 16.3 Å². The van der Waals surface area contributed by atoms with Crippen molar-refractivity contribution in [3.63, 3.8) is 0 Å². The quantitative estimate of drug-likeness (QED) is 0.807. The molecule has 1 unspecified atom stereocenters. The van der Waals surface area contributed by atoms with Crippen LogP contribution in [0.4, 0.5) is 0 Å². The summed E-state index contributed by atoms with van der Waals surface area (Å²) in [5.41, 5.74) is 1.06. The second-order valence-electron chi connectivity index (χ2n) is 4.65. The van der Waals surface area contributed by atoms with Crippen molar-refractivity contribution in [3.8, 4) is 5.75 Å². The van der Waals surface area contributed by atoms with Crippen LogP contribution in [0.5, 0.6) is 5.75 Å². The number of Topliss-reactive ketones (excluding diaryl/α,β-unsaturated/α-hetero) is 1. The molecule has 0 radical (unpaired) electrons. The van der Waals surface area contributed by atoms with E-state index in [-0.39, 0.29) is 11.9 Å². The summed E-state index contributed by atoms with van der Waals surface area (Å²) in [6, 6.07) is 5.68. The maximum absolute atomic E-state index is 11.9. The molecule has 0 N–H and O–H groups in total. The Labute approximate surface area is 99.6 Å². The van der Waals surface area contributed by atoms with Gasteiger partial charge in [0, 0.05) is 12.8 Å². The molecule has 1 fully saturated rings. The number of hydrogen-bond donors (Lipinski definition) is 0. The first kappa shape index (κ1) is 10.2. The third-order valence-corrected chi connectivity index (χ3v) is 3.56. The van der Waals surface area contributed by atoms with Gasteiger partial charge in [-0.3, -0.25) is 4.79 Å². The van der Waals surface area contributed by atoms with Crippen LogP contribution in [0.15, 0.2) is 18.2 Å². The topological polar surface area (TPSA) is 26.3 Å². The number of carbonyl (C=O) groups is 1. The van der Waals surface area contributed by atoms with Crippen LogP contribution in [0.1, 0.15) is 24.8 Å². The van der Waals surface area contributed by atoms with Crippen molar-refractivity contribution in [2.75, 3.05) is 0 Å². The summed E-state index contributed by atoms with van der Waals surface area (Å²) >= 11 is 6.02. The normalized spacial score (nSPS) is 22.7. The molecule has 0 aromatic heterocycles. The molecule has 1 aliphatic heterocycles. The van der Waals surface area contributed by atoms with Crippen LogP contribution in [0.2, 0.25) is 5.02 Å². The molecule has 0 amide bonds. The summed E-state index contributed by atoms with van der Waals surface area (Å²) < 4.78 is 5.65. The van der Waals surface area contributed by atoms with Gasteiger partial charge in [0.1, 0.15) is 5.75 Å². The van der Waals surface area contributed by atoms with Gasteiger partial charge in [0.2, 0.25) is 0 Å². The highest BCUT2D eigenvalue weighted by Crippen LogP contribution is 2.38. The summed E-state index contributed by atoms with van der Waals surface area (Å²) in [6.45, 7) is 0. The van der Waals surface area contributed by atoms with Crippen LogP contribution >= 0.6 is 11.6 Å². The summed E-state index contributed by atoms with van der Waals surface area (Å²) in [7, 11) is 0. The van der Waals surface area contributed by atoms with Gasteiger partial charge in [-0.2, -0.15) is 0 Å². The van der Waals surface area contributed by atoms with Crippen molar-refractivity contribution in [2.45, 2.75) is 31.8 Å². The highest BCUT2D eigenvalue weighted by Gasteiger charge is 2.33. The number of ketones is 1. The molecule has 0 saturated heterocycles. The van der Waals surface area contributed by atoms with E-state index < -0.39 is 0 Å². The Morgan fingerprint density at radius 3 is 2.94 bits per heavy atom. The molecule has 1 atom stereocenters. The second-order valence-corrected chi connectivity index (χ2v) is 5.06. The molecule has 0 bridgehead atoms. The van der Waals surface area contributed by atoms with Crippen molar-refractivity contribution in [2.24, 2.45) is 5.92 Å². The molecule has 1 aromatic carbocycles. The van der Waals surface area contributed by atoms with Crippen LogP contribution in [-0.4, -0.2) is 11.9 Å².